The molecule has 1 aromatic heterocycles. The van der Waals surface area contributed by atoms with Crippen molar-refractivity contribution in [2.24, 2.45) is 0 Å². The quantitative estimate of drug-likeness (QED) is 0.299. The van der Waals surface area contributed by atoms with Crippen LogP contribution in [0.1, 0.15) is 0 Å². The zero-order valence-electron chi connectivity index (χ0n) is 5.11. The summed E-state index contributed by atoms with van der Waals surface area (Å²) in [4.78, 5) is 3.45. The third kappa shape index (κ3) is 0.859. The molecule has 0 aliphatic carbocycles. The van der Waals surface area contributed by atoms with Crippen molar-refractivity contribution in [1.29, 1.82) is 0 Å². The standard InChI is InChI=1S/C4H7N5O/c5-2-1-9(10)4(7)8-3(2)6/h1H,5H2,(H4,6,7,8). The van der Waals surface area contributed by atoms with Crippen LogP contribution in [0, 0.1) is 5.21 Å². The van der Waals surface area contributed by atoms with Crippen LogP contribution in [-0.4, -0.2) is 4.98 Å². The second-order valence-electron chi connectivity index (χ2n) is 1.77. The number of nitrogens with zero attached hydrogens (tertiary/aromatic N) is 2. The van der Waals surface area contributed by atoms with Crippen LogP contribution < -0.4 is 21.9 Å². The summed E-state index contributed by atoms with van der Waals surface area (Å²) in [5, 5.41) is 10.6. The molecule has 6 N–H and O–H groups in total. The van der Waals surface area contributed by atoms with E-state index in [0.717, 1.165) is 6.20 Å². The van der Waals surface area contributed by atoms with Gasteiger partial charge in [-0.3, -0.25) is 5.73 Å². The van der Waals surface area contributed by atoms with E-state index in [0.29, 0.717) is 4.73 Å². The van der Waals surface area contributed by atoms with Crippen molar-refractivity contribution < 1.29 is 4.73 Å². The maximum absolute atomic E-state index is 10.6. The van der Waals surface area contributed by atoms with Crippen LogP contribution in [0.25, 0.3) is 0 Å². The summed E-state index contributed by atoms with van der Waals surface area (Å²) >= 11 is 0. The molecule has 0 aliphatic heterocycles. The molecule has 0 aliphatic rings. The summed E-state index contributed by atoms with van der Waals surface area (Å²) < 4.78 is 0.353. The van der Waals surface area contributed by atoms with Crippen molar-refractivity contribution in [3.63, 3.8) is 0 Å². The Kier molecular flexibility index (Phi) is 1.22. The summed E-state index contributed by atoms with van der Waals surface area (Å²) in [6.45, 7) is 0. The second-order valence-corrected chi connectivity index (χ2v) is 1.77. The Bertz CT molecular complexity index is 210. The molecule has 1 aromatic rings. The van der Waals surface area contributed by atoms with Crippen molar-refractivity contribution >= 4 is 17.5 Å². The van der Waals surface area contributed by atoms with Gasteiger partial charge in [0.25, 0.3) is 0 Å². The van der Waals surface area contributed by atoms with E-state index in [1.54, 1.807) is 0 Å². The summed E-state index contributed by atoms with van der Waals surface area (Å²) in [6, 6.07) is 0. The topological polar surface area (TPSA) is 118 Å². The van der Waals surface area contributed by atoms with Crippen LogP contribution in [0.15, 0.2) is 6.20 Å². The first kappa shape index (κ1) is 6.40. The van der Waals surface area contributed by atoms with E-state index in [-0.39, 0.29) is 17.5 Å². The number of aromatic nitrogens is 2. The second kappa shape index (κ2) is 1.90. The van der Waals surface area contributed by atoms with Gasteiger partial charge in [0.15, 0.2) is 0 Å². The molecule has 0 spiro atoms. The van der Waals surface area contributed by atoms with Gasteiger partial charge >= 0.3 is 5.95 Å². The van der Waals surface area contributed by atoms with Crippen LogP contribution in [0.5, 0.6) is 0 Å². The van der Waals surface area contributed by atoms with Gasteiger partial charge in [-0.05, 0) is 0 Å². The molecule has 0 unspecified atom stereocenters. The highest BCUT2D eigenvalue weighted by molar-refractivity contribution is 5.56. The average molecular weight is 141 g/mol. The molecular weight excluding hydrogens is 134 g/mol. The van der Waals surface area contributed by atoms with Crippen molar-refractivity contribution in [2.75, 3.05) is 17.2 Å². The zero-order valence-corrected chi connectivity index (χ0v) is 5.11. The van der Waals surface area contributed by atoms with Crippen LogP contribution >= 0.6 is 0 Å². The maximum Gasteiger partial charge on any atom is 0.391 e. The van der Waals surface area contributed by atoms with Gasteiger partial charge in [-0.15, -0.1) is 0 Å². The Morgan fingerprint density at radius 1 is 1.40 bits per heavy atom. The fourth-order valence-corrected chi connectivity index (χ4v) is 0.496. The first-order valence-electron chi connectivity index (χ1n) is 2.52. The number of nitrogen functional groups attached to an aromatic ring is 3. The number of hydrogen-bond donors (Lipinski definition) is 3. The van der Waals surface area contributed by atoms with Crippen molar-refractivity contribution in [3.05, 3.63) is 11.4 Å². The van der Waals surface area contributed by atoms with Gasteiger partial charge in [0.1, 0.15) is 5.69 Å². The molecular formula is C4H7N5O. The smallest absolute Gasteiger partial charge is 0.391 e. The van der Waals surface area contributed by atoms with Crippen LogP contribution in [0.3, 0.4) is 0 Å². The summed E-state index contributed by atoms with van der Waals surface area (Å²) in [7, 11) is 0. The lowest BCUT2D eigenvalue weighted by Crippen LogP contribution is -2.32. The number of nitrogens with two attached hydrogens (primary N) is 3. The van der Waals surface area contributed by atoms with E-state index in [2.05, 4.69) is 4.98 Å². The predicted octanol–water partition coefficient (Wildman–Crippen LogP) is -1.54. The summed E-state index contributed by atoms with van der Waals surface area (Å²) in [5.41, 5.74) is 15.7. The highest BCUT2D eigenvalue weighted by Gasteiger charge is 2.04. The van der Waals surface area contributed by atoms with E-state index < -0.39 is 0 Å². The van der Waals surface area contributed by atoms with Gasteiger partial charge in [-0.1, -0.05) is 4.98 Å². The Labute approximate surface area is 56.8 Å². The largest absolute Gasteiger partial charge is 0.740 e. The van der Waals surface area contributed by atoms with E-state index in [9.17, 15) is 5.21 Å². The molecule has 0 atom stereocenters. The minimum atomic E-state index is -0.202. The van der Waals surface area contributed by atoms with E-state index in [1.165, 1.54) is 0 Å². The SMILES string of the molecule is Nc1c[n+]([O-])c(N)nc1N. The Hall–Kier alpha value is -1.72. The van der Waals surface area contributed by atoms with Crippen molar-refractivity contribution in [2.45, 2.75) is 0 Å². The van der Waals surface area contributed by atoms with Gasteiger partial charge in [0.05, 0.1) is 6.20 Å². The van der Waals surface area contributed by atoms with E-state index >= 15 is 0 Å². The Morgan fingerprint density at radius 2 is 2.00 bits per heavy atom. The van der Waals surface area contributed by atoms with Crippen LogP contribution in [0.4, 0.5) is 17.5 Å². The fourth-order valence-electron chi connectivity index (χ4n) is 0.496. The molecule has 0 fully saturated rings. The first-order chi connectivity index (χ1) is 4.61. The van der Waals surface area contributed by atoms with E-state index in [4.69, 9.17) is 17.2 Å². The molecule has 6 nitrogen and oxygen atoms in total. The molecule has 54 valence electrons. The van der Waals surface area contributed by atoms with E-state index in [1.807, 2.05) is 0 Å². The van der Waals surface area contributed by atoms with Crippen molar-refractivity contribution in [3.8, 4) is 0 Å². The van der Waals surface area contributed by atoms with Gasteiger partial charge < -0.3 is 16.7 Å². The molecule has 10 heavy (non-hydrogen) atoms. The molecule has 0 saturated carbocycles. The molecule has 0 saturated heterocycles. The van der Waals surface area contributed by atoms with Gasteiger partial charge in [0.2, 0.25) is 5.82 Å². The first-order valence-corrected chi connectivity index (χ1v) is 2.52. The number of rotatable bonds is 0. The van der Waals surface area contributed by atoms with Crippen molar-refractivity contribution in [1.82, 2.24) is 4.98 Å². The fraction of sp³-hybridized carbons (Fsp3) is 0. The lowest BCUT2D eigenvalue weighted by Gasteiger charge is -2.04. The normalized spacial score (nSPS) is 9.60. The van der Waals surface area contributed by atoms with Gasteiger partial charge in [-0.2, -0.15) is 0 Å². The monoisotopic (exact) mass is 141 g/mol. The predicted molar refractivity (Wildman–Crippen MR) is 36.4 cm³/mol. The molecule has 6 heteroatoms. The molecule has 0 radical (unpaired) electrons. The Morgan fingerprint density at radius 3 is 2.50 bits per heavy atom. The summed E-state index contributed by atoms with van der Waals surface area (Å²) in [6.07, 6.45) is 1.07. The number of hydrogen-bond acceptors (Lipinski definition) is 5. The molecule has 1 rings (SSSR count). The molecule has 0 amide bonds. The molecule has 0 aromatic carbocycles. The number of anilines is 3. The van der Waals surface area contributed by atoms with Gasteiger partial charge in [-0.25, -0.2) is 4.73 Å². The average Bonchev–Trinajstić information content (AvgIpc) is 1.84. The lowest BCUT2D eigenvalue weighted by atomic mass is 10.5. The van der Waals surface area contributed by atoms with Crippen LogP contribution in [0.2, 0.25) is 0 Å². The van der Waals surface area contributed by atoms with Gasteiger partial charge in [0, 0.05) is 0 Å². The van der Waals surface area contributed by atoms with Crippen LogP contribution in [-0.2, 0) is 0 Å². The summed E-state index contributed by atoms with van der Waals surface area (Å²) in [5.74, 6) is -0.128. The third-order valence-corrected chi connectivity index (χ3v) is 1.01. The molecule has 1 heterocycles. The highest BCUT2D eigenvalue weighted by Crippen LogP contribution is 2.06. The Balaban J connectivity index is 3.28. The minimum Gasteiger partial charge on any atom is -0.740 e. The molecule has 0 bridgehead atoms. The highest BCUT2D eigenvalue weighted by atomic mass is 16.5. The zero-order chi connectivity index (χ0) is 7.72. The minimum absolute atomic E-state index is 0.0737. The third-order valence-electron chi connectivity index (χ3n) is 1.01. The maximum atomic E-state index is 10.6. The lowest BCUT2D eigenvalue weighted by molar-refractivity contribution is -0.591.